The lowest BCUT2D eigenvalue weighted by atomic mass is 10.1. The summed E-state index contributed by atoms with van der Waals surface area (Å²) < 4.78 is 51.2. The van der Waals surface area contributed by atoms with Crippen LogP contribution >= 0.6 is 23.5 Å². The molecule has 8 N–H and O–H groups in total. The van der Waals surface area contributed by atoms with Gasteiger partial charge in [-0.1, -0.05) is 4.98 Å². The van der Waals surface area contributed by atoms with Crippen LogP contribution in [0.25, 0.3) is 11.2 Å². The van der Waals surface area contributed by atoms with Crippen molar-refractivity contribution in [3.63, 3.8) is 0 Å². The Hall–Kier alpha value is -1.96. The number of rotatable bonds is 9. The minimum Gasteiger partial charge on any atom is -0.390 e. The number of fused-ring (bicyclic) bond motifs is 1. The first-order chi connectivity index (χ1) is 15.5. The van der Waals surface area contributed by atoms with E-state index in [1.54, 1.807) is 0 Å². The van der Waals surface area contributed by atoms with Crippen molar-refractivity contribution < 1.29 is 66.3 Å². The summed E-state index contributed by atoms with van der Waals surface area (Å²) in [6.07, 6.45) is -6.33. The molecule has 1 aliphatic rings. The highest BCUT2D eigenvalue weighted by Gasteiger charge is 2.50. The quantitative estimate of drug-likeness (QED) is 0.103. The molecule has 1 fully saturated rings. The van der Waals surface area contributed by atoms with Crippen LogP contribution in [0, 0.1) is 10.1 Å². The monoisotopic (exact) mass is 552 g/mol. The summed E-state index contributed by atoms with van der Waals surface area (Å²) in [5.74, 6) is -1.16. The first kappa shape index (κ1) is 26.6. The topological polar surface area (TPSA) is 322 Å². The molecule has 2 aromatic heterocycles. The van der Waals surface area contributed by atoms with E-state index in [0.717, 1.165) is 6.33 Å². The van der Waals surface area contributed by atoms with Crippen LogP contribution in [0.3, 0.4) is 0 Å². The summed E-state index contributed by atoms with van der Waals surface area (Å²) in [5, 5.41) is 32.0. The van der Waals surface area contributed by atoms with E-state index in [2.05, 4.69) is 28.1 Å². The molecular weight excluding hydrogens is 537 g/mol. The second kappa shape index (κ2) is 9.25. The van der Waals surface area contributed by atoms with Gasteiger partial charge in [-0.3, -0.25) is 4.52 Å². The number of aliphatic hydroxyl groups excluding tert-OH is 2. The molecule has 2 aromatic rings. The number of imidazole rings is 1. The Bertz CT molecular complexity index is 1250. The average Bonchev–Trinajstić information content (AvgIpc) is 3.17. The number of hydrogen-bond donors (Lipinski definition) is 7. The lowest BCUT2D eigenvalue weighted by Crippen LogP contribution is -2.33. The molecule has 0 amide bonds. The van der Waals surface area contributed by atoms with Gasteiger partial charge in [-0.15, -0.1) is 0 Å². The Morgan fingerprint density at radius 2 is 1.76 bits per heavy atom. The number of phosphoric acid groups is 3. The standard InChI is InChI=1S/C10H15N6O15P3/c11-7-4-8(13-2-12-7)15(10(14-4)16(19)20)9-6(18)5(17)3(29-9)1-28-33(24,25)31-34(26,27)30-32(21,22)23/h2-3,5-6,9,17-18H,1H2,(H,24,25)(H,26,27)(H2,11,12,13)(H2,21,22,23)/t3-,5-,6-,9-/m1/s1. The van der Waals surface area contributed by atoms with Gasteiger partial charge in [0, 0.05) is 0 Å². The highest BCUT2D eigenvalue weighted by molar-refractivity contribution is 7.66. The number of aliphatic hydroxyl groups is 2. The number of anilines is 1. The zero-order valence-electron chi connectivity index (χ0n) is 16.1. The number of hydrogen-bond acceptors (Lipinski definition) is 15. The number of nitro groups is 1. The predicted molar refractivity (Wildman–Crippen MR) is 102 cm³/mol. The Labute approximate surface area is 186 Å². The lowest BCUT2D eigenvalue weighted by Gasteiger charge is -2.18. The van der Waals surface area contributed by atoms with Gasteiger partial charge < -0.3 is 50.4 Å². The molecule has 3 heterocycles. The molecule has 24 heteroatoms. The van der Waals surface area contributed by atoms with Crippen LogP contribution in [0.1, 0.15) is 6.23 Å². The van der Waals surface area contributed by atoms with Gasteiger partial charge in [0.2, 0.25) is 17.4 Å². The largest absolute Gasteiger partial charge is 0.490 e. The zero-order valence-corrected chi connectivity index (χ0v) is 18.8. The third kappa shape index (κ3) is 5.81. The Morgan fingerprint density at radius 3 is 2.35 bits per heavy atom. The molecule has 190 valence electrons. The fourth-order valence-electron chi connectivity index (χ4n) is 2.83. The number of aromatic nitrogens is 4. The van der Waals surface area contributed by atoms with Crippen LogP contribution in [-0.2, 0) is 31.6 Å². The van der Waals surface area contributed by atoms with E-state index < -0.39 is 65.5 Å². The highest BCUT2D eigenvalue weighted by Crippen LogP contribution is 2.66. The molecule has 0 bridgehead atoms. The minimum absolute atomic E-state index is 0.226. The molecule has 0 radical (unpaired) electrons. The van der Waals surface area contributed by atoms with Gasteiger partial charge >= 0.3 is 29.4 Å². The van der Waals surface area contributed by atoms with Crippen LogP contribution < -0.4 is 5.73 Å². The summed E-state index contributed by atoms with van der Waals surface area (Å²) in [7, 11) is -17.0. The molecule has 21 nitrogen and oxygen atoms in total. The van der Waals surface area contributed by atoms with Gasteiger partial charge in [-0.05, 0) is 4.92 Å². The van der Waals surface area contributed by atoms with Gasteiger partial charge in [0.05, 0.1) is 6.61 Å². The predicted octanol–water partition coefficient (Wildman–Crippen LogP) is -1.72. The first-order valence-electron chi connectivity index (χ1n) is 8.44. The molecule has 2 unspecified atom stereocenters. The van der Waals surface area contributed by atoms with Crippen molar-refractivity contribution in [3.8, 4) is 0 Å². The number of ether oxygens (including phenoxy) is 1. The van der Waals surface area contributed by atoms with E-state index in [-0.39, 0.29) is 17.0 Å². The molecule has 34 heavy (non-hydrogen) atoms. The minimum atomic E-state index is -5.79. The molecule has 3 rings (SSSR count). The molecule has 1 saturated heterocycles. The van der Waals surface area contributed by atoms with Crippen molar-refractivity contribution in [2.45, 2.75) is 24.5 Å². The lowest BCUT2D eigenvalue weighted by molar-refractivity contribution is -0.398. The first-order valence-corrected chi connectivity index (χ1v) is 13.0. The Morgan fingerprint density at radius 1 is 1.12 bits per heavy atom. The van der Waals surface area contributed by atoms with Crippen LogP contribution in [0.2, 0.25) is 0 Å². The van der Waals surface area contributed by atoms with Crippen molar-refractivity contribution in [3.05, 3.63) is 16.4 Å². The Balaban J connectivity index is 1.80. The molecule has 0 spiro atoms. The van der Waals surface area contributed by atoms with Crippen LogP contribution in [0.4, 0.5) is 11.8 Å². The Kier molecular flexibility index (Phi) is 7.25. The van der Waals surface area contributed by atoms with Crippen molar-refractivity contribution >= 4 is 46.4 Å². The average molecular weight is 552 g/mol. The molecule has 0 aromatic carbocycles. The van der Waals surface area contributed by atoms with Gasteiger partial charge in [-0.2, -0.15) is 13.2 Å². The summed E-state index contributed by atoms with van der Waals surface area (Å²) in [6.45, 7) is -1.13. The molecular formula is C10H15N6O15P3. The smallest absolute Gasteiger partial charge is 0.390 e. The summed E-state index contributed by atoms with van der Waals surface area (Å²) >= 11 is 0. The van der Waals surface area contributed by atoms with Crippen molar-refractivity contribution in [2.75, 3.05) is 12.3 Å². The van der Waals surface area contributed by atoms with Crippen LogP contribution in [0.15, 0.2) is 6.33 Å². The summed E-state index contributed by atoms with van der Waals surface area (Å²) in [5.41, 5.74) is 5.13. The molecule has 1 aliphatic heterocycles. The number of nitrogens with zero attached hydrogens (tertiary/aromatic N) is 5. The van der Waals surface area contributed by atoms with E-state index in [0.29, 0.717) is 4.57 Å². The highest BCUT2D eigenvalue weighted by atomic mass is 31.3. The molecule has 6 atom stereocenters. The van der Waals surface area contributed by atoms with Gasteiger partial charge in [-0.25, -0.2) is 23.7 Å². The van der Waals surface area contributed by atoms with Crippen molar-refractivity contribution in [1.29, 1.82) is 0 Å². The van der Waals surface area contributed by atoms with E-state index in [1.807, 2.05) is 0 Å². The SMILES string of the molecule is Nc1ncnc2c1nc([N+](=O)[O-])n2[C@@H]1O[C@H](COP(=O)(O)OP(=O)(O)OP(=O)(O)O)[C@@H](O)[C@H]1O. The summed E-state index contributed by atoms with van der Waals surface area (Å²) in [4.78, 5) is 57.2. The van der Waals surface area contributed by atoms with E-state index in [4.69, 9.17) is 25.2 Å². The summed E-state index contributed by atoms with van der Waals surface area (Å²) in [6, 6.07) is 0. The fourth-order valence-corrected chi connectivity index (χ4v) is 5.86. The number of phosphoric ester groups is 1. The number of nitrogen functional groups attached to an aromatic ring is 1. The van der Waals surface area contributed by atoms with Gasteiger partial charge in [0.1, 0.15) is 24.6 Å². The van der Waals surface area contributed by atoms with Crippen LogP contribution in [-0.4, -0.2) is 79.1 Å². The normalized spacial score (nSPS) is 26.9. The zero-order chi connectivity index (χ0) is 25.6. The van der Waals surface area contributed by atoms with E-state index in [1.165, 1.54) is 0 Å². The second-order valence-corrected chi connectivity index (χ2v) is 10.8. The van der Waals surface area contributed by atoms with Crippen LogP contribution in [0.5, 0.6) is 0 Å². The van der Waals surface area contributed by atoms with Gasteiger partial charge in [0.25, 0.3) is 0 Å². The fraction of sp³-hybridized carbons (Fsp3) is 0.500. The maximum Gasteiger partial charge on any atom is 0.490 e. The van der Waals surface area contributed by atoms with E-state index in [9.17, 15) is 38.9 Å². The maximum absolute atomic E-state index is 11.8. The van der Waals surface area contributed by atoms with Crippen molar-refractivity contribution in [1.82, 2.24) is 19.5 Å². The third-order valence-corrected chi connectivity index (χ3v) is 7.86. The third-order valence-electron chi connectivity index (χ3n) is 4.06. The second-order valence-electron chi connectivity index (χ2n) is 6.40. The van der Waals surface area contributed by atoms with E-state index >= 15 is 0 Å². The maximum atomic E-state index is 11.8. The molecule has 0 aliphatic carbocycles. The van der Waals surface area contributed by atoms with Crippen molar-refractivity contribution in [2.24, 2.45) is 0 Å². The molecule has 0 saturated carbocycles. The van der Waals surface area contributed by atoms with Gasteiger partial charge in [0.15, 0.2) is 5.82 Å². The number of nitrogens with two attached hydrogens (primary N) is 1.